The van der Waals surface area contributed by atoms with Crippen molar-refractivity contribution in [3.05, 3.63) is 28.7 Å². The molecule has 0 spiro atoms. The predicted octanol–water partition coefficient (Wildman–Crippen LogP) is 2.60. The third-order valence-corrected chi connectivity index (χ3v) is 3.11. The van der Waals surface area contributed by atoms with E-state index in [1.54, 1.807) is 6.20 Å². The highest BCUT2D eigenvalue weighted by molar-refractivity contribution is 9.10. The van der Waals surface area contributed by atoms with Gasteiger partial charge in [0.2, 0.25) is 11.7 Å². The van der Waals surface area contributed by atoms with Gasteiger partial charge in [0.1, 0.15) is 5.69 Å². The van der Waals surface area contributed by atoms with Gasteiger partial charge < -0.3 is 9.63 Å². The fraction of sp³-hybridized carbons (Fsp3) is 0.417. The Morgan fingerprint density at radius 1 is 1.50 bits per heavy atom. The minimum Gasteiger partial charge on any atom is -0.393 e. The highest BCUT2D eigenvalue weighted by Gasteiger charge is 2.15. The van der Waals surface area contributed by atoms with E-state index in [4.69, 9.17) is 4.52 Å². The molecule has 1 unspecified atom stereocenters. The van der Waals surface area contributed by atoms with E-state index in [2.05, 4.69) is 31.1 Å². The van der Waals surface area contributed by atoms with E-state index in [0.29, 0.717) is 23.8 Å². The standard InChI is InChI=1S/C12H14BrN3O2/c1-2-4-8(17)7-10-15-12(16-18-10)11-9(13)5-3-6-14-11/h3,5-6,8,17H,2,4,7H2,1H3. The van der Waals surface area contributed by atoms with Crippen molar-refractivity contribution in [3.63, 3.8) is 0 Å². The molecule has 0 amide bonds. The Balaban J connectivity index is 2.13. The Morgan fingerprint density at radius 2 is 2.33 bits per heavy atom. The molecule has 0 aliphatic heterocycles. The summed E-state index contributed by atoms with van der Waals surface area (Å²) in [6, 6.07) is 3.68. The number of aromatic nitrogens is 3. The maximum absolute atomic E-state index is 9.68. The monoisotopic (exact) mass is 311 g/mol. The van der Waals surface area contributed by atoms with Crippen LogP contribution in [-0.2, 0) is 6.42 Å². The number of hydrogen-bond acceptors (Lipinski definition) is 5. The second-order valence-corrected chi connectivity index (χ2v) is 4.85. The lowest BCUT2D eigenvalue weighted by Gasteiger charge is -2.03. The van der Waals surface area contributed by atoms with Gasteiger partial charge in [-0.15, -0.1) is 0 Å². The molecule has 2 rings (SSSR count). The molecule has 0 fully saturated rings. The molecule has 1 N–H and O–H groups in total. The van der Waals surface area contributed by atoms with Crippen molar-refractivity contribution in [1.82, 2.24) is 15.1 Å². The van der Waals surface area contributed by atoms with Crippen LogP contribution in [0, 0.1) is 0 Å². The zero-order chi connectivity index (χ0) is 13.0. The Morgan fingerprint density at radius 3 is 3.06 bits per heavy atom. The van der Waals surface area contributed by atoms with Gasteiger partial charge in [-0.1, -0.05) is 18.5 Å². The quantitative estimate of drug-likeness (QED) is 0.919. The van der Waals surface area contributed by atoms with Gasteiger partial charge in [0.25, 0.3) is 0 Å². The summed E-state index contributed by atoms with van der Waals surface area (Å²) in [7, 11) is 0. The second kappa shape index (κ2) is 6.06. The minimum atomic E-state index is -0.435. The molecule has 2 aromatic heterocycles. The Kier molecular flexibility index (Phi) is 4.43. The topological polar surface area (TPSA) is 72.0 Å². The zero-order valence-corrected chi connectivity index (χ0v) is 11.6. The van der Waals surface area contributed by atoms with E-state index in [9.17, 15) is 5.11 Å². The fourth-order valence-corrected chi connectivity index (χ4v) is 2.05. The summed E-state index contributed by atoms with van der Waals surface area (Å²) in [4.78, 5) is 8.42. The van der Waals surface area contributed by atoms with Crippen LogP contribution < -0.4 is 0 Å². The molecule has 0 aliphatic rings. The SMILES string of the molecule is CCCC(O)Cc1nc(-c2ncccc2Br)no1. The van der Waals surface area contributed by atoms with Gasteiger partial charge in [-0.3, -0.25) is 4.98 Å². The van der Waals surface area contributed by atoms with Gasteiger partial charge in [0.05, 0.1) is 12.5 Å². The van der Waals surface area contributed by atoms with Gasteiger partial charge in [-0.25, -0.2) is 0 Å². The lowest BCUT2D eigenvalue weighted by atomic mass is 10.1. The lowest BCUT2D eigenvalue weighted by Crippen LogP contribution is -2.09. The molecule has 96 valence electrons. The Bertz CT molecular complexity index is 516. The normalized spacial score (nSPS) is 12.6. The van der Waals surface area contributed by atoms with E-state index < -0.39 is 6.10 Å². The molecular formula is C12H14BrN3O2. The first-order valence-electron chi connectivity index (χ1n) is 5.82. The first-order chi connectivity index (χ1) is 8.70. The van der Waals surface area contributed by atoms with Crippen LogP contribution in [0.3, 0.4) is 0 Å². The number of aliphatic hydroxyl groups is 1. The van der Waals surface area contributed by atoms with E-state index in [1.165, 1.54) is 0 Å². The summed E-state index contributed by atoms with van der Waals surface area (Å²) in [6.07, 6.45) is 3.27. The molecule has 2 aromatic rings. The molecule has 5 nitrogen and oxygen atoms in total. The molecule has 18 heavy (non-hydrogen) atoms. The number of nitrogens with zero attached hydrogens (tertiary/aromatic N) is 3. The highest BCUT2D eigenvalue weighted by atomic mass is 79.9. The maximum atomic E-state index is 9.68. The molecule has 2 heterocycles. The van der Waals surface area contributed by atoms with Crippen LogP contribution in [-0.4, -0.2) is 26.3 Å². The Hall–Kier alpha value is -1.27. The smallest absolute Gasteiger partial charge is 0.229 e. The molecule has 0 aliphatic carbocycles. The molecule has 0 saturated heterocycles. The maximum Gasteiger partial charge on any atom is 0.229 e. The van der Waals surface area contributed by atoms with Gasteiger partial charge in [0.15, 0.2) is 0 Å². The molecule has 1 atom stereocenters. The summed E-state index contributed by atoms with van der Waals surface area (Å²) in [5.74, 6) is 0.865. The van der Waals surface area contributed by atoms with Crippen LogP contribution in [0.1, 0.15) is 25.7 Å². The molecular weight excluding hydrogens is 298 g/mol. The summed E-state index contributed by atoms with van der Waals surface area (Å²) in [5.41, 5.74) is 0.637. The van der Waals surface area contributed by atoms with Gasteiger partial charge in [-0.05, 0) is 34.5 Å². The summed E-state index contributed by atoms with van der Waals surface area (Å²) < 4.78 is 5.92. The summed E-state index contributed by atoms with van der Waals surface area (Å²) in [6.45, 7) is 2.02. The van der Waals surface area contributed by atoms with Gasteiger partial charge in [-0.2, -0.15) is 4.98 Å². The Labute approximate surface area is 113 Å². The first kappa shape index (κ1) is 13.2. The molecule has 0 bridgehead atoms. The summed E-state index contributed by atoms with van der Waals surface area (Å²) >= 11 is 3.38. The average Bonchev–Trinajstić information content (AvgIpc) is 2.78. The van der Waals surface area contributed by atoms with E-state index in [-0.39, 0.29) is 0 Å². The minimum absolute atomic E-state index is 0.380. The van der Waals surface area contributed by atoms with Crippen LogP contribution >= 0.6 is 15.9 Å². The zero-order valence-electron chi connectivity index (χ0n) is 10.0. The van der Waals surface area contributed by atoms with E-state index >= 15 is 0 Å². The van der Waals surface area contributed by atoms with Crippen molar-refractivity contribution in [3.8, 4) is 11.5 Å². The fourth-order valence-electron chi connectivity index (χ4n) is 1.62. The third-order valence-electron chi connectivity index (χ3n) is 2.47. The molecule has 0 aromatic carbocycles. The molecule has 0 saturated carbocycles. The summed E-state index contributed by atoms with van der Waals surface area (Å²) in [5, 5.41) is 13.6. The van der Waals surface area contributed by atoms with Crippen molar-refractivity contribution in [2.45, 2.75) is 32.3 Å². The number of aliphatic hydroxyl groups excluding tert-OH is 1. The first-order valence-corrected chi connectivity index (χ1v) is 6.61. The average molecular weight is 312 g/mol. The molecule has 6 heteroatoms. The lowest BCUT2D eigenvalue weighted by molar-refractivity contribution is 0.152. The van der Waals surface area contributed by atoms with Gasteiger partial charge in [0, 0.05) is 10.7 Å². The van der Waals surface area contributed by atoms with Crippen LogP contribution in [0.15, 0.2) is 27.3 Å². The highest BCUT2D eigenvalue weighted by Crippen LogP contribution is 2.23. The number of rotatable bonds is 5. The molecule has 0 radical (unpaired) electrons. The van der Waals surface area contributed by atoms with Crippen molar-refractivity contribution in [1.29, 1.82) is 0 Å². The van der Waals surface area contributed by atoms with Crippen LogP contribution in [0.4, 0.5) is 0 Å². The van der Waals surface area contributed by atoms with Crippen LogP contribution in [0.5, 0.6) is 0 Å². The third kappa shape index (κ3) is 3.14. The van der Waals surface area contributed by atoms with Crippen LogP contribution in [0.25, 0.3) is 11.5 Å². The van der Waals surface area contributed by atoms with E-state index in [0.717, 1.165) is 17.3 Å². The predicted molar refractivity (Wildman–Crippen MR) is 69.8 cm³/mol. The van der Waals surface area contributed by atoms with Crippen molar-refractivity contribution < 1.29 is 9.63 Å². The van der Waals surface area contributed by atoms with Crippen molar-refractivity contribution in [2.24, 2.45) is 0 Å². The largest absolute Gasteiger partial charge is 0.393 e. The van der Waals surface area contributed by atoms with Gasteiger partial charge >= 0.3 is 0 Å². The number of halogens is 1. The number of hydrogen-bond donors (Lipinski definition) is 1. The van der Waals surface area contributed by atoms with E-state index in [1.807, 2.05) is 19.1 Å². The number of pyridine rings is 1. The van der Waals surface area contributed by atoms with Crippen LogP contribution in [0.2, 0.25) is 0 Å². The second-order valence-electron chi connectivity index (χ2n) is 3.99. The van der Waals surface area contributed by atoms with Crippen molar-refractivity contribution in [2.75, 3.05) is 0 Å². The van der Waals surface area contributed by atoms with Crippen molar-refractivity contribution >= 4 is 15.9 Å².